The predicted octanol–water partition coefficient (Wildman–Crippen LogP) is 3.85. The molecule has 0 radical (unpaired) electrons. The molecule has 0 aliphatic carbocycles. The number of hydrogen-bond donors (Lipinski definition) is 1. The average molecular weight is 240 g/mol. The number of nitrogens with zero attached hydrogens (tertiary/aromatic N) is 1. The molecule has 0 fully saturated rings. The number of aromatic nitrogens is 1. The van der Waals surface area contributed by atoms with E-state index in [0.29, 0.717) is 0 Å². The summed E-state index contributed by atoms with van der Waals surface area (Å²) in [6, 6.07) is 0. The predicted molar refractivity (Wildman–Crippen MR) is 71.8 cm³/mol. The summed E-state index contributed by atoms with van der Waals surface area (Å²) in [5.41, 5.74) is 7.15. The number of thiazole rings is 1. The Kier molecular flexibility index (Phi) is 5.42. The lowest BCUT2D eigenvalue weighted by molar-refractivity contribution is 0.472. The van der Waals surface area contributed by atoms with Crippen LogP contribution >= 0.6 is 11.3 Å². The van der Waals surface area contributed by atoms with E-state index < -0.39 is 0 Å². The van der Waals surface area contributed by atoms with Crippen molar-refractivity contribution in [1.29, 1.82) is 0 Å². The first-order chi connectivity index (χ1) is 7.60. The fourth-order valence-electron chi connectivity index (χ4n) is 1.57. The Morgan fingerprint density at radius 1 is 1.31 bits per heavy atom. The summed E-state index contributed by atoms with van der Waals surface area (Å²) in [5, 5.41) is 3.25. The van der Waals surface area contributed by atoms with Crippen LogP contribution in [0.1, 0.15) is 63.6 Å². The molecule has 1 rings (SSSR count). The smallest absolute Gasteiger partial charge is 0.112 e. The van der Waals surface area contributed by atoms with Crippen LogP contribution < -0.4 is 5.73 Å². The number of aryl methyl sites for hydroxylation is 1. The second-order valence-electron chi connectivity index (χ2n) is 4.73. The first-order valence-corrected chi connectivity index (χ1v) is 7.22. The molecule has 0 bridgehead atoms. The molecule has 3 heteroatoms. The molecule has 1 aromatic rings. The van der Waals surface area contributed by atoms with Crippen molar-refractivity contribution in [1.82, 2.24) is 4.98 Å². The molecule has 2 nitrogen and oxygen atoms in total. The molecule has 1 unspecified atom stereocenters. The fourth-order valence-corrected chi connectivity index (χ4v) is 2.57. The quantitative estimate of drug-likeness (QED) is 0.735. The number of hydrogen-bond acceptors (Lipinski definition) is 3. The first kappa shape index (κ1) is 13.7. The molecule has 1 atom stereocenters. The maximum Gasteiger partial charge on any atom is 0.112 e. The molecule has 0 aliphatic heterocycles. The normalized spacial score (nSPS) is 15.0. The molecular weight excluding hydrogens is 216 g/mol. The van der Waals surface area contributed by atoms with Crippen molar-refractivity contribution in [3.63, 3.8) is 0 Å². The van der Waals surface area contributed by atoms with E-state index in [-0.39, 0.29) is 5.54 Å². The molecule has 1 aromatic heterocycles. The van der Waals surface area contributed by atoms with Crippen LogP contribution in [0.5, 0.6) is 0 Å². The highest BCUT2D eigenvalue weighted by molar-refractivity contribution is 7.09. The van der Waals surface area contributed by atoms with Crippen LogP contribution in [0, 0.1) is 0 Å². The van der Waals surface area contributed by atoms with Crippen LogP contribution in [0.4, 0.5) is 0 Å². The molecular formula is C13H24N2S. The van der Waals surface area contributed by atoms with E-state index >= 15 is 0 Å². The molecule has 0 aromatic carbocycles. The van der Waals surface area contributed by atoms with Crippen LogP contribution in [-0.2, 0) is 12.0 Å². The van der Waals surface area contributed by atoms with Gasteiger partial charge in [-0.25, -0.2) is 4.98 Å². The van der Waals surface area contributed by atoms with E-state index in [9.17, 15) is 0 Å². The van der Waals surface area contributed by atoms with E-state index in [1.165, 1.54) is 31.4 Å². The van der Waals surface area contributed by atoms with Gasteiger partial charge in [-0.05, 0) is 26.2 Å². The Morgan fingerprint density at radius 2 is 2.06 bits per heavy atom. The van der Waals surface area contributed by atoms with Gasteiger partial charge in [0.2, 0.25) is 0 Å². The third kappa shape index (κ3) is 3.87. The largest absolute Gasteiger partial charge is 0.320 e. The highest BCUT2D eigenvalue weighted by atomic mass is 32.1. The second-order valence-corrected chi connectivity index (χ2v) is 5.58. The Bertz CT molecular complexity index is 305. The minimum Gasteiger partial charge on any atom is -0.320 e. The molecule has 0 aliphatic rings. The van der Waals surface area contributed by atoms with Crippen molar-refractivity contribution in [2.75, 3.05) is 0 Å². The first-order valence-electron chi connectivity index (χ1n) is 6.34. The van der Waals surface area contributed by atoms with Crippen molar-refractivity contribution in [3.05, 3.63) is 16.1 Å². The Morgan fingerprint density at radius 3 is 2.69 bits per heavy atom. The van der Waals surface area contributed by atoms with Gasteiger partial charge in [-0.3, -0.25) is 0 Å². The molecule has 16 heavy (non-hydrogen) atoms. The third-order valence-corrected chi connectivity index (χ3v) is 4.23. The molecule has 0 saturated heterocycles. The van der Waals surface area contributed by atoms with E-state index in [1.807, 2.05) is 0 Å². The molecule has 0 spiro atoms. The zero-order chi connectivity index (χ0) is 12.0. The lowest BCUT2D eigenvalue weighted by Gasteiger charge is -2.18. The minimum atomic E-state index is -0.244. The van der Waals surface area contributed by atoms with Crippen molar-refractivity contribution >= 4 is 11.3 Å². The van der Waals surface area contributed by atoms with Gasteiger partial charge < -0.3 is 5.73 Å². The van der Waals surface area contributed by atoms with E-state index in [0.717, 1.165) is 17.8 Å². The second kappa shape index (κ2) is 6.36. The van der Waals surface area contributed by atoms with Crippen LogP contribution in [0.2, 0.25) is 0 Å². The van der Waals surface area contributed by atoms with Gasteiger partial charge in [0.05, 0.1) is 11.2 Å². The molecule has 92 valence electrons. The van der Waals surface area contributed by atoms with Crippen molar-refractivity contribution in [2.24, 2.45) is 5.73 Å². The average Bonchev–Trinajstić information content (AvgIpc) is 2.74. The van der Waals surface area contributed by atoms with Gasteiger partial charge in [-0.2, -0.15) is 0 Å². The van der Waals surface area contributed by atoms with Gasteiger partial charge in [0.15, 0.2) is 0 Å². The van der Waals surface area contributed by atoms with Gasteiger partial charge >= 0.3 is 0 Å². The Balaban J connectivity index is 2.45. The molecule has 0 amide bonds. The van der Waals surface area contributed by atoms with Crippen molar-refractivity contribution in [2.45, 2.75) is 64.8 Å². The Hall–Kier alpha value is -0.410. The zero-order valence-electron chi connectivity index (χ0n) is 10.8. The summed E-state index contributed by atoms with van der Waals surface area (Å²) in [6.07, 6.45) is 7.24. The van der Waals surface area contributed by atoms with Crippen LogP contribution in [0.25, 0.3) is 0 Å². The summed E-state index contributed by atoms with van der Waals surface area (Å²) < 4.78 is 0. The fraction of sp³-hybridized carbons (Fsp3) is 0.769. The standard InChI is InChI=1S/C13H24N2S/c1-4-6-7-8-9-11-10-16-12(15-11)13(3,14)5-2/h10H,4-9,14H2,1-3H3. The monoisotopic (exact) mass is 240 g/mol. The lowest BCUT2D eigenvalue weighted by atomic mass is 10.0. The SMILES string of the molecule is CCCCCCc1csc(C(C)(N)CC)n1. The van der Waals surface area contributed by atoms with Crippen LogP contribution in [-0.4, -0.2) is 4.98 Å². The number of unbranched alkanes of at least 4 members (excludes halogenated alkanes) is 3. The van der Waals surface area contributed by atoms with Gasteiger partial charge in [0.25, 0.3) is 0 Å². The summed E-state index contributed by atoms with van der Waals surface area (Å²) in [7, 11) is 0. The summed E-state index contributed by atoms with van der Waals surface area (Å²) >= 11 is 1.71. The van der Waals surface area contributed by atoms with Gasteiger partial charge in [-0.15, -0.1) is 11.3 Å². The highest BCUT2D eigenvalue weighted by Crippen LogP contribution is 2.25. The zero-order valence-corrected chi connectivity index (χ0v) is 11.6. The summed E-state index contributed by atoms with van der Waals surface area (Å²) in [5.74, 6) is 0. The molecule has 1 heterocycles. The Labute approximate surface area is 103 Å². The highest BCUT2D eigenvalue weighted by Gasteiger charge is 2.22. The van der Waals surface area contributed by atoms with Gasteiger partial charge in [-0.1, -0.05) is 33.1 Å². The topological polar surface area (TPSA) is 38.9 Å². The summed E-state index contributed by atoms with van der Waals surface area (Å²) in [6.45, 7) is 6.41. The maximum atomic E-state index is 6.17. The van der Waals surface area contributed by atoms with E-state index in [4.69, 9.17) is 5.73 Å². The number of rotatable bonds is 7. The summed E-state index contributed by atoms with van der Waals surface area (Å²) in [4.78, 5) is 4.64. The van der Waals surface area contributed by atoms with E-state index in [1.54, 1.807) is 11.3 Å². The lowest BCUT2D eigenvalue weighted by Crippen LogP contribution is -2.31. The van der Waals surface area contributed by atoms with Crippen LogP contribution in [0.15, 0.2) is 5.38 Å². The maximum absolute atomic E-state index is 6.17. The van der Waals surface area contributed by atoms with Crippen LogP contribution in [0.3, 0.4) is 0 Å². The number of nitrogens with two attached hydrogens (primary N) is 1. The molecule has 0 saturated carbocycles. The van der Waals surface area contributed by atoms with Crippen molar-refractivity contribution in [3.8, 4) is 0 Å². The molecule has 2 N–H and O–H groups in total. The third-order valence-electron chi connectivity index (χ3n) is 3.06. The van der Waals surface area contributed by atoms with Gasteiger partial charge in [0, 0.05) is 5.38 Å². The minimum absolute atomic E-state index is 0.244. The van der Waals surface area contributed by atoms with E-state index in [2.05, 4.69) is 31.1 Å². The van der Waals surface area contributed by atoms with Gasteiger partial charge in [0.1, 0.15) is 5.01 Å². The van der Waals surface area contributed by atoms with Crippen molar-refractivity contribution < 1.29 is 0 Å².